The standard InChI is InChI=1S/C25H23BrCl2N4O6S2/c1-40(35,36)38-20-4-2-3-16(27)23(20)21-10-18(30-37-21)19-13-39-24(29-19)14-5-7-31(8-6-14)22(33)12-32-11-15(26)9-17(28)25(32)34/h2-4,9,11,13-14,21H,5-8,10,12H2,1H3. The van der Waals surface area contributed by atoms with Gasteiger partial charge in [-0.05, 0) is 47.0 Å². The fraction of sp³-hybridized carbons (Fsp3) is 0.360. The largest absolute Gasteiger partial charge is 0.387 e. The van der Waals surface area contributed by atoms with Gasteiger partial charge in [-0.3, -0.25) is 9.59 Å². The first kappa shape index (κ1) is 29.1. The van der Waals surface area contributed by atoms with Gasteiger partial charge in [-0.2, -0.15) is 8.42 Å². The lowest BCUT2D eigenvalue weighted by molar-refractivity contribution is -0.132. The zero-order valence-corrected chi connectivity index (χ0v) is 25.8. The second kappa shape index (κ2) is 11.8. The van der Waals surface area contributed by atoms with Crippen molar-refractivity contribution < 1.29 is 22.2 Å². The number of carbonyl (C=O) groups is 1. The smallest absolute Gasteiger partial charge is 0.306 e. The number of piperidine rings is 1. The van der Waals surface area contributed by atoms with Gasteiger partial charge in [0.25, 0.3) is 5.56 Å². The van der Waals surface area contributed by atoms with Crippen molar-refractivity contribution in [1.29, 1.82) is 0 Å². The van der Waals surface area contributed by atoms with Crippen LogP contribution >= 0.6 is 50.5 Å². The molecule has 40 heavy (non-hydrogen) atoms. The summed E-state index contributed by atoms with van der Waals surface area (Å²) < 4.78 is 30.5. The van der Waals surface area contributed by atoms with E-state index >= 15 is 0 Å². The first-order chi connectivity index (χ1) is 19.0. The van der Waals surface area contributed by atoms with Gasteiger partial charge >= 0.3 is 10.1 Å². The Morgan fingerprint density at radius 1 is 1.25 bits per heavy atom. The Hall–Kier alpha value is -2.45. The third-order valence-corrected chi connectivity index (χ3v) is 9.10. The van der Waals surface area contributed by atoms with E-state index in [4.69, 9.17) is 37.2 Å². The number of halogens is 3. The van der Waals surface area contributed by atoms with E-state index in [2.05, 4.69) is 21.1 Å². The van der Waals surface area contributed by atoms with E-state index in [9.17, 15) is 18.0 Å². The lowest BCUT2D eigenvalue weighted by Gasteiger charge is -2.31. The molecule has 212 valence electrons. The van der Waals surface area contributed by atoms with Crippen LogP contribution in [0, 0.1) is 0 Å². The highest BCUT2D eigenvalue weighted by Gasteiger charge is 2.32. The second-order valence-corrected chi connectivity index (χ2v) is 13.6. The number of amides is 1. The predicted octanol–water partition coefficient (Wildman–Crippen LogP) is 4.98. The number of thiazole rings is 1. The van der Waals surface area contributed by atoms with Crippen LogP contribution in [0.2, 0.25) is 10.0 Å². The average molecular weight is 690 g/mol. The summed E-state index contributed by atoms with van der Waals surface area (Å²) in [7, 11) is -3.76. The van der Waals surface area contributed by atoms with Gasteiger partial charge in [0.05, 0.1) is 27.5 Å². The number of aromatic nitrogens is 2. The molecule has 0 spiro atoms. The van der Waals surface area contributed by atoms with Crippen LogP contribution < -0.4 is 9.74 Å². The van der Waals surface area contributed by atoms with Crippen LogP contribution in [-0.2, 0) is 26.3 Å². The lowest BCUT2D eigenvalue weighted by atomic mass is 9.97. The Kier molecular flexibility index (Phi) is 8.58. The third-order valence-electron chi connectivity index (χ3n) is 6.57. The Balaban J connectivity index is 1.20. The fourth-order valence-corrected chi connectivity index (χ4v) is 7.25. The molecular weight excluding hydrogens is 667 g/mol. The molecule has 5 rings (SSSR count). The van der Waals surface area contributed by atoms with Crippen LogP contribution in [0.3, 0.4) is 0 Å². The zero-order valence-electron chi connectivity index (χ0n) is 21.1. The minimum atomic E-state index is -3.76. The molecule has 0 radical (unpaired) electrons. The summed E-state index contributed by atoms with van der Waals surface area (Å²) in [6.45, 7) is 1.03. The van der Waals surface area contributed by atoms with Crippen molar-refractivity contribution in [2.24, 2.45) is 5.16 Å². The number of likely N-dealkylation sites (tertiary alicyclic amines) is 1. The Morgan fingerprint density at radius 2 is 2.00 bits per heavy atom. The number of benzene rings is 1. The van der Waals surface area contributed by atoms with Crippen LogP contribution in [0.4, 0.5) is 0 Å². The molecule has 0 bridgehead atoms. The molecule has 15 heteroatoms. The van der Waals surface area contributed by atoms with Gasteiger partial charge in [0, 0.05) is 41.5 Å². The maximum absolute atomic E-state index is 12.8. The van der Waals surface area contributed by atoms with Crippen molar-refractivity contribution in [3.05, 3.63) is 77.0 Å². The summed E-state index contributed by atoms with van der Waals surface area (Å²) in [6.07, 6.45) is 3.73. The van der Waals surface area contributed by atoms with Gasteiger partial charge < -0.3 is 18.5 Å². The van der Waals surface area contributed by atoms with Crippen molar-refractivity contribution in [1.82, 2.24) is 14.5 Å². The molecule has 1 fully saturated rings. The molecule has 0 N–H and O–H groups in total. The van der Waals surface area contributed by atoms with Crippen molar-refractivity contribution in [3.63, 3.8) is 0 Å². The number of carbonyl (C=O) groups excluding carboxylic acids is 1. The molecule has 1 amide bonds. The summed E-state index contributed by atoms with van der Waals surface area (Å²) in [6, 6.07) is 6.26. The molecule has 1 unspecified atom stereocenters. The molecule has 0 saturated carbocycles. The number of hydrogen-bond donors (Lipinski definition) is 0. The summed E-state index contributed by atoms with van der Waals surface area (Å²) in [5.41, 5.74) is 1.32. The molecule has 1 aromatic carbocycles. The highest BCUT2D eigenvalue weighted by atomic mass is 79.9. The van der Waals surface area contributed by atoms with E-state index < -0.39 is 21.8 Å². The Bertz CT molecular complexity index is 1650. The maximum atomic E-state index is 12.8. The first-order valence-electron chi connectivity index (χ1n) is 12.2. The van der Waals surface area contributed by atoms with Gasteiger partial charge in [0.1, 0.15) is 17.3 Å². The van der Waals surface area contributed by atoms with E-state index in [0.29, 0.717) is 46.0 Å². The number of nitrogens with zero attached hydrogens (tertiary/aromatic N) is 4. The third kappa shape index (κ3) is 6.54. The molecule has 10 nitrogen and oxygen atoms in total. The minimum absolute atomic E-state index is 0.0542. The molecule has 2 aliphatic heterocycles. The molecule has 1 saturated heterocycles. The molecule has 4 heterocycles. The van der Waals surface area contributed by atoms with E-state index in [-0.39, 0.29) is 29.1 Å². The minimum Gasteiger partial charge on any atom is -0.387 e. The highest BCUT2D eigenvalue weighted by Crippen LogP contribution is 2.40. The highest BCUT2D eigenvalue weighted by molar-refractivity contribution is 9.10. The van der Waals surface area contributed by atoms with E-state index in [1.54, 1.807) is 23.2 Å². The Morgan fingerprint density at radius 3 is 2.73 bits per heavy atom. The van der Waals surface area contributed by atoms with Crippen LogP contribution in [0.5, 0.6) is 5.75 Å². The quantitative estimate of drug-likeness (QED) is 0.321. The number of oxime groups is 1. The van der Waals surface area contributed by atoms with Crippen LogP contribution in [0.15, 0.2) is 50.3 Å². The molecular formula is C25H23BrCl2N4O6S2. The normalized spacial score (nSPS) is 17.9. The maximum Gasteiger partial charge on any atom is 0.306 e. The van der Waals surface area contributed by atoms with E-state index in [1.807, 2.05) is 5.38 Å². The summed E-state index contributed by atoms with van der Waals surface area (Å²) in [5, 5.41) is 7.43. The van der Waals surface area contributed by atoms with E-state index in [1.165, 1.54) is 28.0 Å². The predicted molar refractivity (Wildman–Crippen MR) is 156 cm³/mol. The molecule has 2 aliphatic rings. The van der Waals surface area contributed by atoms with Crippen LogP contribution in [-0.4, -0.2) is 53.8 Å². The molecule has 2 aromatic heterocycles. The average Bonchev–Trinajstić information content (AvgIpc) is 3.56. The van der Waals surface area contributed by atoms with Gasteiger partial charge in [-0.25, -0.2) is 4.98 Å². The second-order valence-electron chi connectivity index (χ2n) is 9.44. The van der Waals surface area contributed by atoms with E-state index in [0.717, 1.165) is 24.1 Å². The Labute approximate surface area is 252 Å². The van der Waals surface area contributed by atoms with Crippen molar-refractivity contribution in [2.75, 3.05) is 19.3 Å². The topological polar surface area (TPSA) is 120 Å². The van der Waals surface area contributed by atoms with Gasteiger partial charge in [-0.1, -0.05) is 34.4 Å². The summed E-state index contributed by atoms with van der Waals surface area (Å²) >= 11 is 17.1. The lowest BCUT2D eigenvalue weighted by Crippen LogP contribution is -2.41. The number of hydrogen-bond acceptors (Lipinski definition) is 9. The van der Waals surface area contributed by atoms with Crippen molar-refractivity contribution in [2.45, 2.75) is 37.8 Å². The van der Waals surface area contributed by atoms with Gasteiger partial charge in [-0.15, -0.1) is 11.3 Å². The van der Waals surface area contributed by atoms with Crippen molar-refractivity contribution in [3.8, 4) is 5.75 Å². The van der Waals surface area contributed by atoms with Gasteiger partial charge in [0.15, 0.2) is 11.9 Å². The summed E-state index contributed by atoms with van der Waals surface area (Å²) in [4.78, 5) is 37.3. The van der Waals surface area contributed by atoms with Crippen LogP contribution in [0.25, 0.3) is 0 Å². The monoisotopic (exact) mass is 688 g/mol. The zero-order chi connectivity index (χ0) is 28.6. The number of pyridine rings is 1. The van der Waals surface area contributed by atoms with Crippen molar-refractivity contribution >= 4 is 72.2 Å². The SMILES string of the molecule is CS(=O)(=O)Oc1cccc(Cl)c1C1CC(c2csc(C3CCN(C(=O)Cn4cc(Br)cc(Cl)c4=O)CC3)n2)=NO1. The van der Waals surface area contributed by atoms with Crippen LogP contribution in [0.1, 0.15) is 47.5 Å². The number of rotatable bonds is 7. The summed E-state index contributed by atoms with van der Waals surface area (Å²) in [5.74, 6) is 0.143. The fourth-order valence-electron chi connectivity index (χ4n) is 4.66. The molecule has 1 atom stereocenters. The molecule has 0 aliphatic carbocycles. The first-order valence-corrected chi connectivity index (χ1v) is 16.4. The van der Waals surface area contributed by atoms with Gasteiger partial charge in [0.2, 0.25) is 5.91 Å². The molecule has 3 aromatic rings.